The zero-order valence-corrected chi connectivity index (χ0v) is 16.4. The summed E-state index contributed by atoms with van der Waals surface area (Å²) in [4.78, 5) is 25.0. The molecule has 1 unspecified atom stereocenters. The second-order valence-corrected chi connectivity index (χ2v) is 8.93. The lowest BCUT2D eigenvalue weighted by Gasteiger charge is -2.22. The predicted molar refractivity (Wildman–Crippen MR) is 103 cm³/mol. The van der Waals surface area contributed by atoms with Crippen LogP contribution in [-0.4, -0.2) is 28.4 Å². The lowest BCUT2D eigenvalue weighted by Crippen LogP contribution is -2.27. The monoisotopic (exact) mass is 387 g/mol. The normalized spacial score (nSPS) is 20.6. The fourth-order valence-corrected chi connectivity index (χ4v) is 5.05. The van der Waals surface area contributed by atoms with Gasteiger partial charge in [0.1, 0.15) is 0 Å². The van der Waals surface area contributed by atoms with Gasteiger partial charge in [0.25, 0.3) is 5.89 Å². The summed E-state index contributed by atoms with van der Waals surface area (Å²) in [5.41, 5.74) is 0.548. The van der Waals surface area contributed by atoms with E-state index in [-0.39, 0.29) is 11.7 Å². The van der Waals surface area contributed by atoms with Gasteiger partial charge in [-0.2, -0.15) is 0 Å². The predicted octanol–water partition coefficient (Wildman–Crippen LogP) is 4.02. The van der Waals surface area contributed by atoms with Crippen LogP contribution in [0.15, 0.2) is 16.5 Å². The highest BCUT2D eigenvalue weighted by molar-refractivity contribution is 7.17. The highest BCUT2D eigenvalue weighted by atomic mass is 32.1. The van der Waals surface area contributed by atoms with Gasteiger partial charge in [-0.3, -0.25) is 9.59 Å². The number of Topliss-reactive ketones (excluding diaryl/α,β-unsaturated/α-hetero) is 1. The zero-order chi connectivity index (χ0) is 18.9. The second-order valence-electron chi connectivity index (χ2n) is 7.85. The van der Waals surface area contributed by atoms with E-state index in [9.17, 15) is 9.59 Å². The first-order valence-electron chi connectivity index (χ1n) is 9.76. The molecule has 1 atom stereocenters. The fraction of sp³-hybridized carbons (Fsp3) is 0.600. The first-order chi connectivity index (χ1) is 13.1. The molecule has 4 rings (SSSR count). The topological polar surface area (TPSA) is 85.1 Å². The summed E-state index contributed by atoms with van der Waals surface area (Å²) in [7, 11) is 0. The molecule has 1 N–H and O–H groups in total. The molecule has 27 heavy (non-hydrogen) atoms. The van der Waals surface area contributed by atoms with Crippen LogP contribution in [0.3, 0.4) is 0 Å². The number of nitrogens with one attached hydrogen (secondary N) is 1. The molecule has 2 aromatic heterocycles. The summed E-state index contributed by atoms with van der Waals surface area (Å²) in [6.45, 7) is 2.34. The van der Waals surface area contributed by atoms with Gasteiger partial charge in [-0.25, -0.2) is 0 Å². The summed E-state index contributed by atoms with van der Waals surface area (Å²) in [5, 5.41) is 11.1. The van der Waals surface area contributed by atoms with Crippen molar-refractivity contribution >= 4 is 23.0 Å². The molecule has 2 aliphatic carbocycles. The summed E-state index contributed by atoms with van der Waals surface area (Å²) >= 11 is 1.34. The van der Waals surface area contributed by atoms with Crippen LogP contribution in [0.4, 0.5) is 0 Å². The second kappa shape index (κ2) is 7.54. The Kier molecular flexibility index (Phi) is 5.12. The summed E-state index contributed by atoms with van der Waals surface area (Å²) in [6, 6.07) is 3.57. The van der Waals surface area contributed by atoms with Crippen LogP contribution >= 0.6 is 11.3 Å². The van der Waals surface area contributed by atoms with Crippen molar-refractivity contribution in [3.63, 3.8) is 0 Å². The number of hydrogen-bond donors (Lipinski definition) is 1. The minimum absolute atomic E-state index is 0.0216. The van der Waals surface area contributed by atoms with Crippen molar-refractivity contribution in [3.8, 4) is 10.8 Å². The van der Waals surface area contributed by atoms with Crippen molar-refractivity contribution in [3.05, 3.63) is 22.9 Å². The summed E-state index contributed by atoms with van der Waals surface area (Å²) < 4.78 is 5.64. The molecule has 0 aliphatic heterocycles. The first-order valence-corrected chi connectivity index (χ1v) is 10.6. The largest absolute Gasteiger partial charge is 0.420 e. The number of ketones is 1. The number of rotatable bonds is 7. The molecule has 2 aliphatic rings. The van der Waals surface area contributed by atoms with E-state index < -0.39 is 0 Å². The van der Waals surface area contributed by atoms with Crippen LogP contribution in [0.1, 0.15) is 67.4 Å². The van der Waals surface area contributed by atoms with Gasteiger partial charge in [0.2, 0.25) is 11.8 Å². The third-order valence-corrected chi connectivity index (χ3v) is 7.12. The maximum atomic E-state index is 12.1. The lowest BCUT2D eigenvalue weighted by atomic mass is 9.84. The van der Waals surface area contributed by atoms with E-state index in [1.807, 2.05) is 6.07 Å². The molecule has 144 valence electrons. The van der Waals surface area contributed by atoms with Crippen molar-refractivity contribution in [2.75, 3.05) is 6.54 Å². The number of carbonyl (C=O) groups is 2. The number of thiophene rings is 1. The standard InChI is InChI=1S/C20H25N3O3S/c1-13(24)15-5-6-16(27-15)19-23-22-18(26-19)8-7-17(25)21-12-14-11-20(14)9-3-2-4-10-20/h5-6,14H,2-4,7-12H2,1H3,(H,21,25). The maximum absolute atomic E-state index is 12.1. The van der Waals surface area contributed by atoms with Crippen molar-refractivity contribution < 1.29 is 14.0 Å². The average molecular weight is 388 g/mol. The molecule has 1 spiro atoms. The fourth-order valence-electron chi connectivity index (χ4n) is 4.23. The molecular formula is C20H25N3O3S. The Bertz CT molecular complexity index is 835. The van der Waals surface area contributed by atoms with E-state index >= 15 is 0 Å². The molecule has 6 nitrogen and oxygen atoms in total. The molecule has 2 aromatic rings. The number of aryl methyl sites for hydroxylation is 1. The van der Waals surface area contributed by atoms with Gasteiger partial charge in [0, 0.05) is 19.4 Å². The van der Waals surface area contributed by atoms with E-state index in [2.05, 4.69) is 15.5 Å². The average Bonchev–Trinajstić information content (AvgIpc) is 3.07. The minimum atomic E-state index is 0.0216. The molecule has 0 radical (unpaired) electrons. The Balaban J connectivity index is 1.22. The van der Waals surface area contributed by atoms with E-state index in [4.69, 9.17) is 4.42 Å². The quantitative estimate of drug-likeness (QED) is 0.725. The Labute approximate surface area is 162 Å². The van der Waals surface area contributed by atoms with Crippen LogP contribution in [0.5, 0.6) is 0 Å². The Hall–Kier alpha value is -2.02. The van der Waals surface area contributed by atoms with Gasteiger partial charge in [-0.05, 0) is 49.7 Å². The van der Waals surface area contributed by atoms with Crippen LogP contribution < -0.4 is 5.32 Å². The van der Waals surface area contributed by atoms with Gasteiger partial charge in [0.05, 0.1) is 9.75 Å². The number of carbonyl (C=O) groups excluding carboxylic acids is 2. The lowest BCUT2D eigenvalue weighted by molar-refractivity contribution is -0.121. The van der Waals surface area contributed by atoms with E-state index in [0.29, 0.717) is 40.8 Å². The van der Waals surface area contributed by atoms with Crippen LogP contribution in [0, 0.1) is 11.3 Å². The van der Waals surface area contributed by atoms with Crippen LogP contribution in [0.2, 0.25) is 0 Å². The molecule has 0 saturated heterocycles. The van der Waals surface area contributed by atoms with Crippen molar-refractivity contribution in [1.82, 2.24) is 15.5 Å². The number of nitrogens with zero attached hydrogens (tertiary/aromatic N) is 2. The number of hydrogen-bond acceptors (Lipinski definition) is 6. The molecule has 2 heterocycles. The van der Waals surface area contributed by atoms with Crippen molar-refractivity contribution in [2.45, 2.75) is 58.3 Å². The molecule has 1 amide bonds. The molecule has 7 heteroatoms. The van der Waals surface area contributed by atoms with Crippen LogP contribution in [-0.2, 0) is 11.2 Å². The summed E-state index contributed by atoms with van der Waals surface area (Å²) in [5.74, 6) is 1.59. The third-order valence-electron chi connectivity index (χ3n) is 5.95. The minimum Gasteiger partial charge on any atom is -0.420 e. The first kappa shape index (κ1) is 18.3. The van der Waals surface area contributed by atoms with E-state index in [1.54, 1.807) is 6.07 Å². The van der Waals surface area contributed by atoms with Gasteiger partial charge in [-0.1, -0.05) is 19.3 Å². The molecular weight excluding hydrogens is 362 g/mol. The Morgan fingerprint density at radius 1 is 1.26 bits per heavy atom. The zero-order valence-electron chi connectivity index (χ0n) is 15.6. The number of amides is 1. The molecule has 2 saturated carbocycles. The Morgan fingerprint density at radius 3 is 2.81 bits per heavy atom. The molecule has 0 bridgehead atoms. The van der Waals surface area contributed by atoms with Crippen molar-refractivity contribution in [1.29, 1.82) is 0 Å². The van der Waals surface area contributed by atoms with Gasteiger partial charge in [-0.15, -0.1) is 21.5 Å². The van der Waals surface area contributed by atoms with Gasteiger partial charge in [0.15, 0.2) is 5.78 Å². The van der Waals surface area contributed by atoms with E-state index in [1.165, 1.54) is 56.8 Å². The summed E-state index contributed by atoms with van der Waals surface area (Å²) in [6.07, 6.45) is 8.81. The smallest absolute Gasteiger partial charge is 0.257 e. The number of aromatic nitrogens is 2. The highest BCUT2D eigenvalue weighted by Crippen LogP contribution is 2.60. The van der Waals surface area contributed by atoms with Crippen molar-refractivity contribution in [2.24, 2.45) is 11.3 Å². The SMILES string of the molecule is CC(=O)c1ccc(-c2nnc(CCC(=O)NCC3CC34CCCCC4)o2)s1. The van der Waals surface area contributed by atoms with Gasteiger partial charge >= 0.3 is 0 Å². The van der Waals surface area contributed by atoms with Gasteiger partial charge < -0.3 is 9.73 Å². The van der Waals surface area contributed by atoms with Crippen LogP contribution in [0.25, 0.3) is 10.8 Å². The van der Waals surface area contributed by atoms with E-state index in [0.717, 1.165) is 11.4 Å². The Morgan fingerprint density at radius 2 is 2.07 bits per heavy atom. The molecule has 2 fully saturated rings. The third kappa shape index (κ3) is 4.13. The molecule has 0 aromatic carbocycles. The maximum Gasteiger partial charge on any atom is 0.257 e. The highest BCUT2D eigenvalue weighted by Gasteiger charge is 2.53.